The van der Waals surface area contributed by atoms with E-state index < -0.39 is 6.10 Å². The molecule has 2 aromatic rings. The first-order valence-electron chi connectivity index (χ1n) is 9.04. The highest BCUT2D eigenvalue weighted by Gasteiger charge is 2.21. The Kier molecular flexibility index (Phi) is 9.74. The van der Waals surface area contributed by atoms with Gasteiger partial charge in [0.2, 0.25) is 5.75 Å². The van der Waals surface area contributed by atoms with Crippen molar-refractivity contribution in [2.24, 2.45) is 0 Å². The van der Waals surface area contributed by atoms with Crippen molar-refractivity contribution in [3.8, 4) is 23.0 Å². The Bertz CT molecular complexity index is 771. The molecule has 0 saturated heterocycles. The number of ketones is 1. The Balaban J connectivity index is 0.00000420. The van der Waals surface area contributed by atoms with Crippen molar-refractivity contribution in [2.75, 3.05) is 27.9 Å². The summed E-state index contributed by atoms with van der Waals surface area (Å²) in [6.45, 7) is 2.41. The molecule has 0 heterocycles. The molecular weight excluding hydrogens is 398 g/mol. The van der Waals surface area contributed by atoms with E-state index in [2.05, 4.69) is 0 Å². The molecule has 0 spiro atoms. The van der Waals surface area contributed by atoms with Crippen molar-refractivity contribution in [1.82, 2.24) is 0 Å². The maximum absolute atomic E-state index is 12.6. The molecule has 0 radical (unpaired) electrons. The minimum atomic E-state index is -0.697. The summed E-state index contributed by atoms with van der Waals surface area (Å²) in [5.41, 5.74) is 1.20. The Labute approximate surface area is 177 Å². The summed E-state index contributed by atoms with van der Waals surface area (Å²) in [6, 6.07) is 9.59. The van der Waals surface area contributed by atoms with Crippen LogP contribution in [0, 0.1) is 0 Å². The quantitative estimate of drug-likeness (QED) is 0.408. The molecule has 0 amide bonds. The Morgan fingerprint density at radius 1 is 1.03 bits per heavy atom. The van der Waals surface area contributed by atoms with Gasteiger partial charge in [0.05, 0.1) is 34.3 Å². The van der Waals surface area contributed by atoms with Crippen molar-refractivity contribution < 1.29 is 46.9 Å². The third kappa shape index (κ3) is 6.25. The van der Waals surface area contributed by atoms with Crippen molar-refractivity contribution in [1.29, 1.82) is 0 Å². The van der Waals surface area contributed by atoms with E-state index in [0.29, 0.717) is 35.8 Å². The van der Waals surface area contributed by atoms with Gasteiger partial charge in [-0.2, -0.15) is 0 Å². The van der Waals surface area contributed by atoms with Gasteiger partial charge in [0, 0.05) is 5.56 Å². The lowest BCUT2D eigenvalue weighted by Crippen LogP contribution is -3.00. The van der Waals surface area contributed by atoms with E-state index in [1.165, 1.54) is 21.3 Å². The summed E-state index contributed by atoms with van der Waals surface area (Å²) in [5.74, 6) is 1.42. The number of phenols is 1. The summed E-state index contributed by atoms with van der Waals surface area (Å²) >= 11 is 0. The highest BCUT2D eigenvalue weighted by atomic mass is 35.5. The van der Waals surface area contributed by atoms with Crippen molar-refractivity contribution in [2.45, 2.75) is 25.5 Å². The minimum absolute atomic E-state index is 0. The Hall–Kier alpha value is -2.48. The van der Waals surface area contributed by atoms with Crippen molar-refractivity contribution in [3.05, 3.63) is 47.5 Å². The summed E-state index contributed by atoms with van der Waals surface area (Å²) in [4.78, 5) is 12.6. The van der Waals surface area contributed by atoms with E-state index >= 15 is 0 Å². The molecule has 2 unspecified atom stereocenters. The number of nitrogens with two attached hydrogens (primary N) is 1. The van der Waals surface area contributed by atoms with Crippen LogP contribution in [-0.2, 0) is 0 Å². The van der Waals surface area contributed by atoms with Crippen LogP contribution in [0.4, 0.5) is 0 Å². The van der Waals surface area contributed by atoms with Gasteiger partial charge in [0.1, 0.15) is 17.9 Å². The largest absolute Gasteiger partial charge is 1.00 e. The molecule has 7 nitrogen and oxygen atoms in total. The number of rotatable bonds is 10. The van der Waals surface area contributed by atoms with Gasteiger partial charge in [-0.1, -0.05) is 12.1 Å². The maximum Gasteiger partial charge on any atom is 0.203 e. The number of carbonyl (C=O) groups excluding carboxylic acids is 1. The lowest BCUT2D eigenvalue weighted by Gasteiger charge is -2.18. The molecule has 0 aliphatic heterocycles. The number of benzene rings is 2. The van der Waals surface area contributed by atoms with Gasteiger partial charge in [-0.25, -0.2) is 0 Å². The number of halogens is 1. The van der Waals surface area contributed by atoms with E-state index in [4.69, 9.17) is 14.2 Å². The molecule has 2 rings (SSSR count). The van der Waals surface area contributed by atoms with E-state index in [9.17, 15) is 15.0 Å². The normalized spacial score (nSPS) is 12.4. The fraction of sp³-hybridized carbons (Fsp3) is 0.381. The number of hydrogen-bond donors (Lipinski definition) is 3. The highest BCUT2D eigenvalue weighted by Crippen LogP contribution is 2.38. The van der Waals surface area contributed by atoms with Gasteiger partial charge in [0.25, 0.3) is 0 Å². The van der Waals surface area contributed by atoms with Crippen LogP contribution in [0.2, 0.25) is 0 Å². The molecule has 0 aromatic heterocycles. The Morgan fingerprint density at radius 3 is 2.07 bits per heavy atom. The lowest BCUT2D eigenvalue weighted by atomic mass is 10.0. The zero-order valence-corrected chi connectivity index (χ0v) is 17.8. The number of aliphatic hydroxyl groups is 1. The predicted octanol–water partition coefficient (Wildman–Crippen LogP) is -1.32. The molecule has 0 aliphatic rings. The molecule has 0 aliphatic carbocycles. The second-order valence-corrected chi connectivity index (χ2v) is 6.51. The summed E-state index contributed by atoms with van der Waals surface area (Å²) in [7, 11) is 4.52. The average Bonchev–Trinajstić information content (AvgIpc) is 2.72. The van der Waals surface area contributed by atoms with Crippen LogP contribution in [0.3, 0.4) is 0 Å². The molecule has 4 N–H and O–H groups in total. The summed E-state index contributed by atoms with van der Waals surface area (Å²) in [6.07, 6.45) is -0.400. The summed E-state index contributed by atoms with van der Waals surface area (Å²) < 4.78 is 15.8. The number of hydrogen-bond acceptors (Lipinski definition) is 6. The molecule has 160 valence electrons. The van der Waals surface area contributed by atoms with Crippen molar-refractivity contribution >= 4 is 5.78 Å². The first-order valence-corrected chi connectivity index (χ1v) is 9.04. The number of aromatic hydroxyl groups is 1. The Morgan fingerprint density at radius 2 is 1.59 bits per heavy atom. The monoisotopic (exact) mass is 425 g/mol. The second kappa shape index (κ2) is 11.5. The van der Waals surface area contributed by atoms with E-state index in [1.807, 2.05) is 12.2 Å². The van der Waals surface area contributed by atoms with Crippen LogP contribution in [-0.4, -0.2) is 49.9 Å². The number of Topliss-reactive ketones (excluding diaryl/α,β-unsaturated/α-hetero) is 1. The second-order valence-electron chi connectivity index (χ2n) is 6.51. The van der Waals surface area contributed by atoms with Crippen LogP contribution < -0.4 is 31.9 Å². The smallest absolute Gasteiger partial charge is 0.203 e. The van der Waals surface area contributed by atoms with Crippen LogP contribution in [0.25, 0.3) is 0 Å². The fourth-order valence-electron chi connectivity index (χ4n) is 2.97. The summed E-state index contributed by atoms with van der Waals surface area (Å²) in [5, 5.41) is 21.7. The van der Waals surface area contributed by atoms with Gasteiger partial charge in [0.15, 0.2) is 17.3 Å². The third-order valence-corrected chi connectivity index (χ3v) is 4.63. The first-order chi connectivity index (χ1) is 13.4. The van der Waals surface area contributed by atoms with Gasteiger partial charge in [-0.3, -0.25) is 4.79 Å². The number of quaternary nitrogens is 1. The third-order valence-electron chi connectivity index (χ3n) is 4.63. The number of carbonyl (C=O) groups is 1. The highest BCUT2D eigenvalue weighted by molar-refractivity contribution is 5.97. The van der Waals surface area contributed by atoms with Crippen molar-refractivity contribution in [3.63, 3.8) is 0 Å². The zero-order chi connectivity index (χ0) is 20.7. The van der Waals surface area contributed by atoms with Gasteiger partial charge in [-0.15, -0.1) is 0 Å². The maximum atomic E-state index is 12.6. The predicted molar refractivity (Wildman–Crippen MR) is 104 cm³/mol. The van der Waals surface area contributed by atoms with Gasteiger partial charge in [-0.05, 0) is 36.8 Å². The van der Waals surface area contributed by atoms with Gasteiger partial charge >= 0.3 is 0 Å². The van der Waals surface area contributed by atoms with Crippen LogP contribution in [0.5, 0.6) is 23.0 Å². The minimum Gasteiger partial charge on any atom is -1.00 e. The SMILES string of the molecule is COc1cc(C(=O)CC[NH2+]C(C)C(O)c2ccc(O)cc2)cc(OC)c1OC.[Cl-]. The number of phenolic OH excluding ortho intramolecular Hbond substituents is 1. The molecule has 0 saturated carbocycles. The number of aliphatic hydroxyl groups excluding tert-OH is 1. The fourth-order valence-corrected chi connectivity index (χ4v) is 2.97. The van der Waals surface area contributed by atoms with E-state index in [-0.39, 0.29) is 30.0 Å². The topological polar surface area (TPSA) is 102 Å². The first kappa shape index (κ1) is 24.6. The lowest BCUT2D eigenvalue weighted by molar-refractivity contribution is -0.693. The molecular formula is C21H28ClNO6. The number of methoxy groups -OCH3 is 3. The van der Waals surface area contributed by atoms with Crippen LogP contribution >= 0.6 is 0 Å². The van der Waals surface area contributed by atoms with Crippen LogP contribution in [0.1, 0.15) is 35.4 Å². The molecule has 0 fully saturated rings. The van der Waals surface area contributed by atoms with Gasteiger partial charge < -0.3 is 42.1 Å². The molecule has 2 aromatic carbocycles. The van der Waals surface area contributed by atoms with E-state index in [0.717, 1.165) is 5.56 Å². The molecule has 8 heteroatoms. The van der Waals surface area contributed by atoms with Crippen LogP contribution in [0.15, 0.2) is 36.4 Å². The average molecular weight is 426 g/mol. The number of ether oxygens (including phenoxy) is 3. The molecule has 0 bridgehead atoms. The van der Waals surface area contributed by atoms with E-state index in [1.54, 1.807) is 36.4 Å². The molecule has 29 heavy (non-hydrogen) atoms. The molecule has 2 atom stereocenters. The zero-order valence-electron chi connectivity index (χ0n) is 17.0. The standard InChI is InChI=1S/C21H27NO6.ClH/c1-13(20(25)14-5-7-16(23)8-6-14)22-10-9-17(24)15-11-18(26-2)21(28-4)19(12-15)27-3;/h5-8,11-13,20,22-23,25H,9-10H2,1-4H3;1H.